The molecule has 4 heteroatoms. The zero-order valence-electron chi connectivity index (χ0n) is 10.3. The Morgan fingerprint density at radius 2 is 2.19 bits per heavy atom. The number of carbonyl (C=O) groups excluding carboxylic acids is 1. The number of carbonyl (C=O) groups is 1. The van der Waals surface area contributed by atoms with Crippen LogP contribution in [0, 0.1) is 0 Å². The molecular formula is C12H22N2O2. The number of nitrogens with zero attached hydrogens (tertiary/aromatic N) is 2. The molecule has 2 aliphatic rings. The maximum Gasteiger partial charge on any atom is 0.222 e. The zero-order valence-corrected chi connectivity index (χ0v) is 10.3. The monoisotopic (exact) mass is 226 g/mol. The summed E-state index contributed by atoms with van der Waals surface area (Å²) >= 11 is 0. The fourth-order valence-electron chi connectivity index (χ4n) is 2.56. The van der Waals surface area contributed by atoms with E-state index in [2.05, 4.69) is 4.90 Å². The Balaban J connectivity index is 1.81. The number of aliphatic hydroxyl groups is 1. The number of fused-ring (bicyclic) bond motifs is 1. The van der Waals surface area contributed by atoms with Crippen LogP contribution in [-0.2, 0) is 4.79 Å². The van der Waals surface area contributed by atoms with Gasteiger partial charge in [-0.1, -0.05) is 0 Å². The first-order chi connectivity index (χ1) is 7.46. The fraction of sp³-hybridized carbons (Fsp3) is 0.917. The third-order valence-corrected chi connectivity index (χ3v) is 3.62. The summed E-state index contributed by atoms with van der Waals surface area (Å²) in [7, 11) is 0. The van der Waals surface area contributed by atoms with E-state index in [0.717, 1.165) is 45.4 Å². The van der Waals surface area contributed by atoms with Gasteiger partial charge < -0.3 is 10.0 Å². The van der Waals surface area contributed by atoms with Gasteiger partial charge in [-0.05, 0) is 26.7 Å². The molecule has 0 aliphatic carbocycles. The average molecular weight is 226 g/mol. The first-order valence-corrected chi connectivity index (χ1v) is 6.20. The molecule has 0 radical (unpaired) electrons. The molecule has 92 valence electrons. The standard InChI is InChI=1S/C12H22N2O2/c1-12(2,16)5-6-13-7-8-14-10(9-13)3-4-11(14)15/h10,16H,3-9H2,1-2H3. The third kappa shape index (κ3) is 2.74. The molecule has 0 saturated carbocycles. The summed E-state index contributed by atoms with van der Waals surface area (Å²) in [5.74, 6) is 0.326. The van der Waals surface area contributed by atoms with Crippen molar-refractivity contribution in [3.8, 4) is 0 Å². The Kier molecular flexibility index (Phi) is 3.22. The molecule has 16 heavy (non-hydrogen) atoms. The minimum Gasteiger partial charge on any atom is -0.390 e. The van der Waals surface area contributed by atoms with Gasteiger partial charge in [0.2, 0.25) is 5.91 Å². The molecule has 4 nitrogen and oxygen atoms in total. The van der Waals surface area contributed by atoms with Gasteiger partial charge in [-0.2, -0.15) is 0 Å². The lowest BCUT2D eigenvalue weighted by molar-refractivity contribution is -0.130. The zero-order chi connectivity index (χ0) is 11.8. The number of hydrogen-bond acceptors (Lipinski definition) is 3. The van der Waals surface area contributed by atoms with Crippen molar-refractivity contribution in [1.82, 2.24) is 9.80 Å². The first kappa shape index (κ1) is 11.9. The minimum atomic E-state index is -0.581. The summed E-state index contributed by atoms with van der Waals surface area (Å²) in [6, 6.07) is 0.433. The van der Waals surface area contributed by atoms with Crippen LogP contribution in [0.4, 0.5) is 0 Å². The van der Waals surface area contributed by atoms with Crippen LogP contribution < -0.4 is 0 Å². The van der Waals surface area contributed by atoms with Crippen LogP contribution in [0.2, 0.25) is 0 Å². The Morgan fingerprint density at radius 3 is 2.88 bits per heavy atom. The normalized spacial score (nSPS) is 27.3. The molecule has 1 amide bonds. The maximum absolute atomic E-state index is 11.5. The molecule has 2 saturated heterocycles. The Hall–Kier alpha value is -0.610. The Labute approximate surface area is 97.2 Å². The summed E-state index contributed by atoms with van der Waals surface area (Å²) in [5.41, 5.74) is -0.581. The molecule has 0 aromatic carbocycles. The van der Waals surface area contributed by atoms with Crippen LogP contribution in [0.15, 0.2) is 0 Å². The molecule has 2 rings (SSSR count). The van der Waals surface area contributed by atoms with E-state index in [-0.39, 0.29) is 0 Å². The highest BCUT2D eigenvalue weighted by Gasteiger charge is 2.35. The second-order valence-corrected chi connectivity index (χ2v) is 5.64. The van der Waals surface area contributed by atoms with E-state index in [1.165, 1.54) is 0 Å². The van der Waals surface area contributed by atoms with Crippen molar-refractivity contribution in [2.75, 3.05) is 26.2 Å². The van der Waals surface area contributed by atoms with Crippen LogP contribution in [0.3, 0.4) is 0 Å². The van der Waals surface area contributed by atoms with Crippen molar-refractivity contribution < 1.29 is 9.90 Å². The van der Waals surface area contributed by atoms with Crippen LogP contribution in [-0.4, -0.2) is 58.6 Å². The van der Waals surface area contributed by atoms with E-state index < -0.39 is 5.60 Å². The van der Waals surface area contributed by atoms with E-state index in [1.807, 2.05) is 18.7 Å². The van der Waals surface area contributed by atoms with E-state index in [1.54, 1.807) is 0 Å². The van der Waals surface area contributed by atoms with Crippen molar-refractivity contribution in [3.05, 3.63) is 0 Å². The lowest BCUT2D eigenvalue weighted by atomic mass is 10.0. The minimum absolute atomic E-state index is 0.326. The lowest BCUT2D eigenvalue weighted by Gasteiger charge is -2.38. The van der Waals surface area contributed by atoms with Crippen molar-refractivity contribution in [3.63, 3.8) is 0 Å². The first-order valence-electron chi connectivity index (χ1n) is 6.20. The van der Waals surface area contributed by atoms with E-state index >= 15 is 0 Å². The molecular weight excluding hydrogens is 204 g/mol. The second-order valence-electron chi connectivity index (χ2n) is 5.64. The molecule has 0 aromatic rings. The molecule has 0 bridgehead atoms. The second kappa shape index (κ2) is 4.34. The van der Waals surface area contributed by atoms with Gasteiger partial charge in [0, 0.05) is 38.6 Å². The van der Waals surface area contributed by atoms with Crippen molar-refractivity contribution >= 4 is 5.91 Å². The van der Waals surface area contributed by atoms with Gasteiger partial charge in [0.05, 0.1) is 5.60 Å². The summed E-state index contributed by atoms with van der Waals surface area (Å²) < 4.78 is 0. The number of hydrogen-bond donors (Lipinski definition) is 1. The number of amides is 1. The Morgan fingerprint density at radius 1 is 1.44 bits per heavy atom. The van der Waals surface area contributed by atoms with Gasteiger partial charge in [0.15, 0.2) is 0 Å². The number of piperazine rings is 1. The van der Waals surface area contributed by atoms with E-state index in [9.17, 15) is 9.90 Å². The maximum atomic E-state index is 11.5. The molecule has 2 fully saturated rings. The smallest absolute Gasteiger partial charge is 0.222 e. The molecule has 2 aliphatic heterocycles. The van der Waals surface area contributed by atoms with Crippen LogP contribution >= 0.6 is 0 Å². The highest BCUT2D eigenvalue weighted by molar-refractivity contribution is 5.78. The highest BCUT2D eigenvalue weighted by Crippen LogP contribution is 2.23. The summed E-state index contributed by atoms with van der Waals surface area (Å²) in [6.45, 7) is 7.45. The van der Waals surface area contributed by atoms with Gasteiger partial charge >= 0.3 is 0 Å². The molecule has 1 N–H and O–H groups in total. The summed E-state index contributed by atoms with van der Waals surface area (Å²) in [5, 5.41) is 9.69. The lowest BCUT2D eigenvalue weighted by Crippen LogP contribution is -2.52. The molecule has 2 heterocycles. The van der Waals surface area contributed by atoms with Crippen molar-refractivity contribution in [2.45, 2.75) is 44.8 Å². The Bertz CT molecular complexity index is 273. The predicted molar refractivity (Wildman–Crippen MR) is 62.1 cm³/mol. The van der Waals surface area contributed by atoms with Crippen molar-refractivity contribution in [2.24, 2.45) is 0 Å². The SMILES string of the molecule is CC(C)(O)CCN1CCN2C(=O)CCC2C1. The number of rotatable bonds is 3. The average Bonchev–Trinajstić information content (AvgIpc) is 2.56. The van der Waals surface area contributed by atoms with Crippen LogP contribution in [0.25, 0.3) is 0 Å². The topological polar surface area (TPSA) is 43.8 Å². The summed E-state index contributed by atoms with van der Waals surface area (Å²) in [4.78, 5) is 15.9. The third-order valence-electron chi connectivity index (χ3n) is 3.62. The van der Waals surface area contributed by atoms with E-state index in [0.29, 0.717) is 11.9 Å². The molecule has 1 atom stereocenters. The van der Waals surface area contributed by atoms with Crippen LogP contribution in [0.1, 0.15) is 33.1 Å². The summed E-state index contributed by atoms with van der Waals surface area (Å²) in [6.07, 6.45) is 2.54. The van der Waals surface area contributed by atoms with E-state index in [4.69, 9.17) is 0 Å². The predicted octanol–water partition coefficient (Wildman–Crippen LogP) is 0.454. The quantitative estimate of drug-likeness (QED) is 0.760. The fourth-order valence-corrected chi connectivity index (χ4v) is 2.56. The van der Waals surface area contributed by atoms with Gasteiger partial charge in [-0.3, -0.25) is 9.69 Å². The van der Waals surface area contributed by atoms with Crippen LogP contribution in [0.5, 0.6) is 0 Å². The largest absolute Gasteiger partial charge is 0.390 e. The molecule has 1 unspecified atom stereocenters. The van der Waals surface area contributed by atoms with Gasteiger partial charge in [-0.25, -0.2) is 0 Å². The van der Waals surface area contributed by atoms with Crippen molar-refractivity contribution in [1.29, 1.82) is 0 Å². The highest BCUT2D eigenvalue weighted by atomic mass is 16.3. The molecule has 0 spiro atoms. The van der Waals surface area contributed by atoms with Gasteiger partial charge in [0.1, 0.15) is 0 Å². The molecule has 0 aromatic heterocycles. The van der Waals surface area contributed by atoms with Gasteiger partial charge in [0.25, 0.3) is 0 Å². The van der Waals surface area contributed by atoms with Gasteiger partial charge in [-0.15, -0.1) is 0 Å².